The molecule has 3 rings (SSSR count). The first kappa shape index (κ1) is 8.47. The summed E-state index contributed by atoms with van der Waals surface area (Å²) in [4.78, 5) is 15.5. The number of nitrogens with two attached hydrogens (primary N) is 1. The van der Waals surface area contributed by atoms with Crippen LogP contribution in [0.4, 0.5) is 0 Å². The standard InChI is InChI=1S/C11H11N3O/c12-11(15)8-3-4-14-6-9(7-1-2-7)13-10(14)5-8/h3-7H,1-2H2,(H2,12,15). The molecule has 15 heavy (non-hydrogen) atoms. The molecule has 2 aromatic rings. The lowest BCUT2D eigenvalue weighted by molar-refractivity contribution is 0.100. The Hall–Kier alpha value is -1.84. The highest BCUT2D eigenvalue weighted by atomic mass is 16.1. The SMILES string of the molecule is NC(=O)c1ccn2cc(C3CC3)nc2c1. The summed E-state index contributed by atoms with van der Waals surface area (Å²) in [6, 6.07) is 3.45. The van der Waals surface area contributed by atoms with Gasteiger partial charge in [0.05, 0.1) is 5.69 Å². The highest BCUT2D eigenvalue weighted by Gasteiger charge is 2.26. The molecule has 1 aliphatic rings. The first-order valence-corrected chi connectivity index (χ1v) is 5.02. The number of carbonyl (C=O) groups is 1. The van der Waals surface area contributed by atoms with Gasteiger partial charge >= 0.3 is 0 Å². The summed E-state index contributed by atoms with van der Waals surface area (Å²) < 4.78 is 1.93. The van der Waals surface area contributed by atoms with Gasteiger partial charge in [0.15, 0.2) is 0 Å². The highest BCUT2D eigenvalue weighted by molar-refractivity contribution is 5.93. The summed E-state index contributed by atoms with van der Waals surface area (Å²) in [5.74, 6) is 0.218. The molecule has 2 N–H and O–H groups in total. The van der Waals surface area contributed by atoms with Gasteiger partial charge in [0.2, 0.25) is 5.91 Å². The molecule has 1 amide bonds. The number of hydrogen-bond acceptors (Lipinski definition) is 2. The van der Waals surface area contributed by atoms with Crippen molar-refractivity contribution in [3.63, 3.8) is 0 Å². The molecule has 0 aliphatic heterocycles. The Morgan fingerprint density at radius 2 is 2.33 bits per heavy atom. The maximum absolute atomic E-state index is 11.0. The minimum absolute atomic E-state index is 0.409. The van der Waals surface area contributed by atoms with Crippen molar-refractivity contribution < 1.29 is 4.79 Å². The zero-order valence-electron chi connectivity index (χ0n) is 8.18. The van der Waals surface area contributed by atoms with E-state index in [9.17, 15) is 4.79 Å². The van der Waals surface area contributed by atoms with Crippen molar-refractivity contribution in [2.24, 2.45) is 5.73 Å². The van der Waals surface area contributed by atoms with E-state index in [-0.39, 0.29) is 0 Å². The van der Waals surface area contributed by atoms with Gasteiger partial charge in [-0.1, -0.05) is 0 Å². The number of carbonyl (C=O) groups excluding carboxylic acids is 1. The molecule has 2 aromatic heterocycles. The molecule has 2 heterocycles. The van der Waals surface area contributed by atoms with Crippen molar-refractivity contribution in [3.05, 3.63) is 35.8 Å². The van der Waals surface area contributed by atoms with Crippen LogP contribution in [0.3, 0.4) is 0 Å². The Bertz CT molecular complexity index is 540. The second kappa shape index (κ2) is 2.82. The second-order valence-corrected chi connectivity index (χ2v) is 3.99. The summed E-state index contributed by atoms with van der Waals surface area (Å²) in [5.41, 5.74) is 7.64. The average molecular weight is 201 g/mol. The van der Waals surface area contributed by atoms with Crippen molar-refractivity contribution >= 4 is 11.6 Å². The molecule has 76 valence electrons. The number of primary amides is 1. The van der Waals surface area contributed by atoms with Gasteiger partial charge in [0.25, 0.3) is 0 Å². The van der Waals surface area contributed by atoms with Crippen LogP contribution in [0, 0.1) is 0 Å². The van der Waals surface area contributed by atoms with E-state index in [2.05, 4.69) is 4.98 Å². The molecule has 4 heteroatoms. The van der Waals surface area contributed by atoms with Crippen molar-refractivity contribution in [1.29, 1.82) is 0 Å². The summed E-state index contributed by atoms with van der Waals surface area (Å²) in [6.45, 7) is 0. The molecule has 4 nitrogen and oxygen atoms in total. The normalized spacial score (nSPS) is 15.7. The van der Waals surface area contributed by atoms with Gasteiger partial charge in [-0.15, -0.1) is 0 Å². The number of nitrogens with zero attached hydrogens (tertiary/aromatic N) is 2. The average Bonchev–Trinajstić information content (AvgIpc) is 2.97. The van der Waals surface area contributed by atoms with Crippen LogP contribution in [0.15, 0.2) is 24.5 Å². The fraction of sp³-hybridized carbons (Fsp3) is 0.273. The van der Waals surface area contributed by atoms with E-state index >= 15 is 0 Å². The molecule has 0 unspecified atom stereocenters. The predicted octanol–water partition coefficient (Wildman–Crippen LogP) is 1.31. The van der Waals surface area contributed by atoms with Crippen LogP contribution < -0.4 is 5.73 Å². The Kier molecular flexibility index (Phi) is 1.59. The Labute approximate surface area is 86.7 Å². The van der Waals surface area contributed by atoms with Crippen LogP contribution in [-0.4, -0.2) is 15.3 Å². The lowest BCUT2D eigenvalue weighted by Crippen LogP contribution is -2.10. The fourth-order valence-electron chi connectivity index (χ4n) is 1.73. The lowest BCUT2D eigenvalue weighted by Gasteiger charge is -1.95. The third-order valence-corrected chi connectivity index (χ3v) is 2.76. The van der Waals surface area contributed by atoms with E-state index in [1.54, 1.807) is 12.1 Å². The molecule has 0 saturated heterocycles. The predicted molar refractivity (Wildman–Crippen MR) is 55.7 cm³/mol. The molecule has 0 spiro atoms. The number of pyridine rings is 1. The fourth-order valence-corrected chi connectivity index (χ4v) is 1.73. The van der Waals surface area contributed by atoms with Gasteiger partial charge in [-0.3, -0.25) is 4.79 Å². The van der Waals surface area contributed by atoms with Gasteiger partial charge < -0.3 is 10.1 Å². The molecule has 0 radical (unpaired) electrons. The number of hydrogen-bond donors (Lipinski definition) is 1. The zero-order chi connectivity index (χ0) is 10.4. The number of rotatable bonds is 2. The van der Waals surface area contributed by atoms with Gasteiger partial charge in [-0.2, -0.15) is 0 Å². The van der Waals surface area contributed by atoms with Crippen LogP contribution in [0.25, 0.3) is 5.65 Å². The first-order chi connectivity index (χ1) is 7.24. The second-order valence-electron chi connectivity index (χ2n) is 3.99. The van der Waals surface area contributed by atoms with E-state index in [1.807, 2.05) is 16.8 Å². The summed E-state index contributed by atoms with van der Waals surface area (Å²) in [5, 5.41) is 0. The van der Waals surface area contributed by atoms with Gasteiger partial charge in [0, 0.05) is 23.9 Å². The van der Waals surface area contributed by atoms with Crippen molar-refractivity contribution in [1.82, 2.24) is 9.38 Å². The van der Waals surface area contributed by atoms with Crippen LogP contribution >= 0.6 is 0 Å². The summed E-state index contributed by atoms with van der Waals surface area (Å²) >= 11 is 0. The number of amides is 1. The van der Waals surface area contributed by atoms with Crippen LogP contribution in [-0.2, 0) is 0 Å². The monoisotopic (exact) mass is 201 g/mol. The molecular weight excluding hydrogens is 190 g/mol. The third kappa shape index (κ3) is 1.38. The molecule has 1 aliphatic carbocycles. The molecule has 0 aromatic carbocycles. The van der Waals surface area contributed by atoms with E-state index in [0.717, 1.165) is 11.3 Å². The smallest absolute Gasteiger partial charge is 0.248 e. The van der Waals surface area contributed by atoms with Crippen LogP contribution in [0.5, 0.6) is 0 Å². The van der Waals surface area contributed by atoms with E-state index < -0.39 is 5.91 Å². The lowest BCUT2D eigenvalue weighted by atomic mass is 10.2. The van der Waals surface area contributed by atoms with Crippen molar-refractivity contribution in [3.8, 4) is 0 Å². The molecular formula is C11H11N3O. The maximum Gasteiger partial charge on any atom is 0.248 e. The van der Waals surface area contributed by atoms with Gasteiger partial charge in [-0.25, -0.2) is 4.98 Å². The Balaban J connectivity index is 2.13. The molecule has 0 bridgehead atoms. The van der Waals surface area contributed by atoms with Crippen LogP contribution in [0.1, 0.15) is 34.8 Å². The van der Waals surface area contributed by atoms with Gasteiger partial charge in [-0.05, 0) is 25.0 Å². The Morgan fingerprint density at radius 1 is 1.53 bits per heavy atom. The number of imidazole rings is 1. The Morgan fingerprint density at radius 3 is 3.00 bits per heavy atom. The molecule has 0 atom stereocenters. The quantitative estimate of drug-likeness (QED) is 0.796. The first-order valence-electron chi connectivity index (χ1n) is 5.02. The molecule has 1 saturated carbocycles. The highest BCUT2D eigenvalue weighted by Crippen LogP contribution is 2.39. The zero-order valence-corrected chi connectivity index (χ0v) is 8.18. The molecule has 1 fully saturated rings. The largest absolute Gasteiger partial charge is 0.366 e. The number of aromatic nitrogens is 2. The number of fused-ring (bicyclic) bond motifs is 1. The van der Waals surface area contributed by atoms with Crippen LogP contribution in [0.2, 0.25) is 0 Å². The minimum Gasteiger partial charge on any atom is -0.366 e. The van der Waals surface area contributed by atoms with E-state index in [1.165, 1.54) is 12.8 Å². The van der Waals surface area contributed by atoms with Gasteiger partial charge in [0.1, 0.15) is 5.65 Å². The van der Waals surface area contributed by atoms with Crippen molar-refractivity contribution in [2.75, 3.05) is 0 Å². The summed E-state index contributed by atoms with van der Waals surface area (Å²) in [7, 11) is 0. The topological polar surface area (TPSA) is 60.4 Å². The minimum atomic E-state index is -0.409. The van der Waals surface area contributed by atoms with E-state index in [4.69, 9.17) is 5.73 Å². The summed E-state index contributed by atoms with van der Waals surface area (Å²) in [6.07, 6.45) is 6.31. The third-order valence-electron chi connectivity index (χ3n) is 2.76. The van der Waals surface area contributed by atoms with Crippen molar-refractivity contribution in [2.45, 2.75) is 18.8 Å². The maximum atomic E-state index is 11.0. The van der Waals surface area contributed by atoms with E-state index in [0.29, 0.717) is 11.5 Å².